The lowest BCUT2D eigenvalue weighted by atomic mass is 10.2. The fourth-order valence-electron chi connectivity index (χ4n) is 3.38. The van der Waals surface area contributed by atoms with Crippen LogP contribution in [0, 0.1) is 11.3 Å². The second-order valence-corrected chi connectivity index (χ2v) is 6.40. The number of nitrogens with one attached hydrogen (secondary N) is 1. The highest BCUT2D eigenvalue weighted by Crippen LogP contribution is 2.23. The van der Waals surface area contributed by atoms with E-state index in [9.17, 15) is 5.26 Å². The molecule has 0 amide bonds. The number of hydrogen-bond acceptors (Lipinski definition) is 8. The zero-order valence-corrected chi connectivity index (χ0v) is 14.5. The first kappa shape index (κ1) is 16.5. The highest BCUT2D eigenvalue weighted by Gasteiger charge is 2.26. The van der Waals surface area contributed by atoms with Gasteiger partial charge in [0, 0.05) is 44.6 Å². The van der Waals surface area contributed by atoms with Crippen molar-refractivity contribution in [3.8, 4) is 6.07 Å². The smallest absolute Gasteiger partial charge is 0.224 e. The zero-order valence-electron chi connectivity index (χ0n) is 14.5. The first-order chi connectivity index (χ1) is 12.8. The van der Waals surface area contributed by atoms with Crippen LogP contribution in [0.3, 0.4) is 0 Å². The minimum atomic E-state index is 0.225. The van der Waals surface area contributed by atoms with Crippen molar-refractivity contribution in [2.24, 2.45) is 0 Å². The number of nitrogens with zero attached hydrogens (tertiary/aromatic N) is 6. The van der Waals surface area contributed by atoms with Gasteiger partial charge < -0.3 is 19.9 Å². The molecule has 0 saturated carbocycles. The lowest BCUT2D eigenvalue weighted by molar-refractivity contribution is 0.122. The van der Waals surface area contributed by atoms with Crippen molar-refractivity contribution in [3.63, 3.8) is 0 Å². The topological polar surface area (TPSA) is 90.2 Å². The van der Waals surface area contributed by atoms with Gasteiger partial charge in [0.15, 0.2) is 0 Å². The van der Waals surface area contributed by atoms with E-state index < -0.39 is 0 Å². The Morgan fingerprint density at radius 1 is 1.12 bits per heavy atom. The highest BCUT2D eigenvalue weighted by molar-refractivity contribution is 5.54. The second-order valence-electron chi connectivity index (χ2n) is 6.40. The van der Waals surface area contributed by atoms with Crippen LogP contribution in [0.4, 0.5) is 17.6 Å². The maximum atomic E-state index is 9.27. The van der Waals surface area contributed by atoms with Gasteiger partial charge in [-0.15, -0.1) is 0 Å². The van der Waals surface area contributed by atoms with Crippen LogP contribution in [0.25, 0.3) is 0 Å². The molecular weight excluding hydrogens is 330 g/mol. The minimum absolute atomic E-state index is 0.225. The van der Waals surface area contributed by atoms with Gasteiger partial charge in [-0.25, -0.2) is 9.97 Å². The van der Waals surface area contributed by atoms with Crippen molar-refractivity contribution in [2.45, 2.75) is 12.5 Å². The molecule has 1 unspecified atom stereocenters. The molecule has 0 radical (unpaired) electrons. The second kappa shape index (κ2) is 7.54. The fraction of sp³-hybridized carbons (Fsp3) is 0.444. The summed E-state index contributed by atoms with van der Waals surface area (Å²) in [6.07, 6.45) is 4.47. The van der Waals surface area contributed by atoms with Gasteiger partial charge in [0.1, 0.15) is 17.7 Å². The standard InChI is InChI=1S/C18H21N7O/c19-12-14-2-1-5-20-17(14)25-7-4-15(13-25)22-18-21-6-3-16(23-18)24-8-10-26-11-9-24/h1-3,5-6,15H,4,7-11,13H2,(H,21,22,23). The van der Waals surface area contributed by atoms with Crippen LogP contribution in [-0.2, 0) is 4.74 Å². The van der Waals surface area contributed by atoms with Crippen molar-refractivity contribution < 1.29 is 4.74 Å². The Bertz CT molecular complexity index is 800. The molecule has 0 bridgehead atoms. The third kappa shape index (κ3) is 3.53. The van der Waals surface area contributed by atoms with E-state index in [2.05, 4.69) is 36.1 Å². The van der Waals surface area contributed by atoms with Crippen LogP contribution in [0.5, 0.6) is 0 Å². The van der Waals surface area contributed by atoms with Gasteiger partial charge in [-0.2, -0.15) is 10.2 Å². The van der Waals surface area contributed by atoms with Crippen molar-refractivity contribution in [2.75, 3.05) is 54.5 Å². The maximum absolute atomic E-state index is 9.27. The van der Waals surface area contributed by atoms with Crippen molar-refractivity contribution >= 4 is 17.6 Å². The van der Waals surface area contributed by atoms with E-state index in [-0.39, 0.29) is 6.04 Å². The summed E-state index contributed by atoms with van der Waals surface area (Å²) in [6, 6.07) is 7.97. The molecule has 4 heterocycles. The molecule has 2 aromatic heterocycles. The van der Waals surface area contributed by atoms with E-state index in [0.29, 0.717) is 11.5 Å². The largest absolute Gasteiger partial charge is 0.378 e. The number of ether oxygens (including phenoxy) is 1. The molecule has 8 nitrogen and oxygen atoms in total. The van der Waals surface area contributed by atoms with Crippen LogP contribution in [0.1, 0.15) is 12.0 Å². The van der Waals surface area contributed by atoms with Crippen molar-refractivity contribution in [3.05, 3.63) is 36.2 Å². The van der Waals surface area contributed by atoms with Crippen molar-refractivity contribution in [1.29, 1.82) is 5.26 Å². The summed E-state index contributed by atoms with van der Waals surface area (Å²) in [5.74, 6) is 2.32. The zero-order chi connectivity index (χ0) is 17.8. The average molecular weight is 351 g/mol. The fourth-order valence-corrected chi connectivity index (χ4v) is 3.38. The lowest BCUT2D eigenvalue weighted by Crippen LogP contribution is -2.37. The Balaban J connectivity index is 1.42. The summed E-state index contributed by atoms with van der Waals surface area (Å²) in [5, 5.41) is 12.7. The van der Waals surface area contributed by atoms with E-state index in [0.717, 1.165) is 57.4 Å². The summed E-state index contributed by atoms with van der Waals surface area (Å²) in [4.78, 5) is 17.7. The molecule has 8 heteroatoms. The lowest BCUT2D eigenvalue weighted by Gasteiger charge is -2.28. The van der Waals surface area contributed by atoms with Gasteiger partial charge in [-0.1, -0.05) is 0 Å². The van der Waals surface area contributed by atoms with Gasteiger partial charge in [0.2, 0.25) is 5.95 Å². The molecule has 1 N–H and O–H groups in total. The Labute approximate surface area is 152 Å². The Morgan fingerprint density at radius 2 is 2.00 bits per heavy atom. The molecule has 2 aliphatic heterocycles. The van der Waals surface area contributed by atoms with Gasteiger partial charge in [-0.3, -0.25) is 0 Å². The van der Waals surface area contributed by atoms with Gasteiger partial charge in [-0.05, 0) is 24.6 Å². The number of morpholine rings is 1. The first-order valence-electron chi connectivity index (χ1n) is 8.86. The van der Waals surface area contributed by atoms with E-state index in [1.165, 1.54) is 0 Å². The number of hydrogen-bond donors (Lipinski definition) is 1. The van der Waals surface area contributed by atoms with Gasteiger partial charge >= 0.3 is 0 Å². The number of nitriles is 1. The maximum Gasteiger partial charge on any atom is 0.224 e. The van der Waals surface area contributed by atoms with Crippen LogP contribution in [0.2, 0.25) is 0 Å². The van der Waals surface area contributed by atoms with E-state index in [4.69, 9.17) is 4.74 Å². The summed E-state index contributed by atoms with van der Waals surface area (Å²) >= 11 is 0. The number of pyridine rings is 1. The SMILES string of the molecule is N#Cc1cccnc1N1CCC(Nc2nccc(N3CCOCC3)n2)C1. The Kier molecular flexibility index (Phi) is 4.80. The van der Waals surface area contributed by atoms with Crippen LogP contribution in [-0.4, -0.2) is 60.4 Å². The monoisotopic (exact) mass is 351 g/mol. The molecular formula is C18H21N7O. The third-order valence-corrected chi connectivity index (χ3v) is 4.70. The predicted molar refractivity (Wildman–Crippen MR) is 98.3 cm³/mol. The molecule has 2 fully saturated rings. The minimum Gasteiger partial charge on any atom is -0.378 e. The molecule has 0 spiro atoms. The molecule has 1 atom stereocenters. The van der Waals surface area contributed by atoms with E-state index >= 15 is 0 Å². The molecule has 0 aromatic carbocycles. The van der Waals surface area contributed by atoms with Crippen LogP contribution >= 0.6 is 0 Å². The third-order valence-electron chi connectivity index (χ3n) is 4.70. The van der Waals surface area contributed by atoms with E-state index in [1.54, 1.807) is 24.5 Å². The Hall–Kier alpha value is -2.92. The first-order valence-corrected chi connectivity index (χ1v) is 8.86. The summed E-state index contributed by atoms with van der Waals surface area (Å²) in [6.45, 7) is 4.79. The summed E-state index contributed by atoms with van der Waals surface area (Å²) in [7, 11) is 0. The number of anilines is 3. The van der Waals surface area contributed by atoms with E-state index in [1.807, 2.05) is 6.07 Å². The molecule has 2 saturated heterocycles. The molecule has 2 aliphatic rings. The van der Waals surface area contributed by atoms with Crippen molar-refractivity contribution in [1.82, 2.24) is 15.0 Å². The normalized spacial score (nSPS) is 20.0. The van der Waals surface area contributed by atoms with Gasteiger partial charge in [0.25, 0.3) is 0 Å². The molecule has 134 valence electrons. The Morgan fingerprint density at radius 3 is 2.85 bits per heavy atom. The summed E-state index contributed by atoms with van der Waals surface area (Å²) in [5.41, 5.74) is 0.610. The quantitative estimate of drug-likeness (QED) is 0.881. The van der Waals surface area contributed by atoms with Crippen LogP contribution < -0.4 is 15.1 Å². The molecule has 2 aromatic rings. The predicted octanol–water partition coefficient (Wildman–Crippen LogP) is 1.27. The summed E-state index contributed by atoms with van der Waals surface area (Å²) < 4.78 is 5.40. The molecule has 26 heavy (non-hydrogen) atoms. The number of rotatable bonds is 4. The molecule has 4 rings (SSSR count). The van der Waals surface area contributed by atoms with Gasteiger partial charge in [0.05, 0.1) is 18.8 Å². The molecule has 0 aliphatic carbocycles. The average Bonchev–Trinajstić information content (AvgIpc) is 3.17. The highest BCUT2D eigenvalue weighted by atomic mass is 16.5. The number of aromatic nitrogens is 3. The van der Waals surface area contributed by atoms with Crippen LogP contribution in [0.15, 0.2) is 30.6 Å².